The maximum absolute atomic E-state index is 6.06. The van der Waals surface area contributed by atoms with Gasteiger partial charge < -0.3 is 5.32 Å². The fraction of sp³-hybridized carbons (Fsp3) is 0.286. The Morgan fingerprint density at radius 1 is 1.25 bits per heavy atom. The zero-order chi connectivity index (χ0) is 14.7. The van der Waals surface area contributed by atoms with Gasteiger partial charge >= 0.3 is 0 Å². The first-order chi connectivity index (χ1) is 9.52. The molecule has 20 heavy (non-hydrogen) atoms. The van der Waals surface area contributed by atoms with Gasteiger partial charge in [-0.3, -0.25) is 0 Å². The van der Waals surface area contributed by atoms with E-state index in [4.69, 9.17) is 11.6 Å². The van der Waals surface area contributed by atoms with Crippen LogP contribution in [-0.4, -0.2) is 16.5 Å². The van der Waals surface area contributed by atoms with Gasteiger partial charge in [-0.2, -0.15) is 0 Å². The molecule has 0 aliphatic carbocycles. The number of nitrogens with zero attached hydrogens (tertiary/aromatic N) is 2. The molecule has 0 radical (unpaired) electrons. The minimum absolute atomic E-state index is 0.652. The van der Waals surface area contributed by atoms with Gasteiger partial charge in [0.1, 0.15) is 5.82 Å². The van der Waals surface area contributed by atoms with Crippen molar-refractivity contribution in [2.75, 3.05) is 11.9 Å². The molecule has 2 rings (SSSR count). The monoisotopic (exact) mass is 417 g/mol. The molecule has 0 aliphatic heterocycles. The molecule has 0 atom stereocenters. The van der Waals surface area contributed by atoms with E-state index >= 15 is 0 Å². The molecule has 0 saturated heterocycles. The summed E-state index contributed by atoms with van der Waals surface area (Å²) < 4.78 is 1.82. The number of hydrogen-bond acceptors (Lipinski definition) is 3. The lowest BCUT2D eigenvalue weighted by Crippen LogP contribution is -2.06. The standard InChI is InChI=1S/C14H14Br2ClN3/c1-3-6-18-14-12(16)8(2)19-13(20-14)10-7-9(17)4-5-11(10)15/h4-5,7H,3,6H2,1-2H3,(H,18,19,20). The number of nitrogens with one attached hydrogen (secondary N) is 1. The summed E-state index contributed by atoms with van der Waals surface area (Å²) in [5.41, 5.74) is 1.77. The predicted octanol–water partition coefficient (Wildman–Crippen LogP) is 5.45. The summed E-state index contributed by atoms with van der Waals surface area (Å²) in [6.45, 7) is 4.93. The Labute approximate surface area is 140 Å². The fourth-order valence-corrected chi connectivity index (χ4v) is 2.62. The first-order valence-electron chi connectivity index (χ1n) is 6.26. The Balaban J connectivity index is 2.51. The van der Waals surface area contributed by atoms with Gasteiger partial charge in [0.2, 0.25) is 0 Å². The van der Waals surface area contributed by atoms with Crippen LogP contribution in [0.3, 0.4) is 0 Å². The number of anilines is 1. The lowest BCUT2D eigenvalue weighted by Gasteiger charge is -2.11. The van der Waals surface area contributed by atoms with E-state index in [1.54, 1.807) is 0 Å². The Bertz CT molecular complexity index is 632. The molecule has 1 N–H and O–H groups in total. The van der Waals surface area contributed by atoms with Crippen molar-refractivity contribution < 1.29 is 0 Å². The number of benzene rings is 1. The Kier molecular flexibility index (Phi) is 5.41. The van der Waals surface area contributed by atoms with Crippen molar-refractivity contribution in [1.82, 2.24) is 9.97 Å². The van der Waals surface area contributed by atoms with E-state index in [0.717, 1.165) is 39.0 Å². The average molecular weight is 420 g/mol. The second-order valence-electron chi connectivity index (χ2n) is 4.35. The first-order valence-corrected chi connectivity index (χ1v) is 8.22. The molecule has 0 saturated carbocycles. The summed E-state index contributed by atoms with van der Waals surface area (Å²) in [5.74, 6) is 1.46. The van der Waals surface area contributed by atoms with Crippen molar-refractivity contribution in [2.24, 2.45) is 0 Å². The number of hydrogen-bond donors (Lipinski definition) is 1. The van der Waals surface area contributed by atoms with E-state index in [1.165, 1.54) is 0 Å². The van der Waals surface area contributed by atoms with Crippen molar-refractivity contribution in [1.29, 1.82) is 0 Å². The fourth-order valence-electron chi connectivity index (χ4n) is 1.71. The summed E-state index contributed by atoms with van der Waals surface area (Å²) in [7, 11) is 0. The zero-order valence-electron chi connectivity index (χ0n) is 11.2. The molecule has 0 fully saturated rings. The normalized spacial score (nSPS) is 10.7. The smallest absolute Gasteiger partial charge is 0.163 e. The number of aryl methyl sites for hydroxylation is 1. The molecule has 0 aliphatic rings. The Morgan fingerprint density at radius 3 is 2.70 bits per heavy atom. The third-order valence-electron chi connectivity index (χ3n) is 2.73. The molecule has 1 aromatic heterocycles. The van der Waals surface area contributed by atoms with E-state index < -0.39 is 0 Å². The molecule has 1 aromatic carbocycles. The zero-order valence-corrected chi connectivity index (χ0v) is 15.1. The van der Waals surface area contributed by atoms with Crippen LogP contribution >= 0.6 is 43.5 Å². The molecule has 2 aromatic rings. The highest BCUT2D eigenvalue weighted by Crippen LogP contribution is 2.32. The molecular formula is C14H14Br2ClN3. The number of aromatic nitrogens is 2. The molecule has 0 bridgehead atoms. The molecule has 106 valence electrons. The Morgan fingerprint density at radius 2 is 2.00 bits per heavy atom. The van der Waals surface area contributed by atoms with Crippen LogP contribution in [0.2, 0.25) is 5.02 Å². The van der Waals surface area contributed by atoms with Gasteiger partial charge in [-0.25, -0.2) is 9.97 Å². The SMILES string of the molecule is CCCNc1nc(-c2cc(Cl)ccc2Br)nc(C)c1Br. The third-order valence-corrected chi connectivity index (χ3v) is 4.60. The minimum atomic E-state index is 0.652. The van der Waals surface area contributed by atoms with Crippen LogP contribution in [0.15, 0.2) is 27.1 Å². The summed E-state index contributed by atoms with van der Waals surface area (Å²) in [6.07, 6.45) is 1.03. The summed E-state index contributed by atoms with van der Waals surface area (Å²) in [6, 6.07) is 5.59. The highest BCUT2D eigenvalue weighted by molar-refractivity contribution is 9.11. The maximum atomic E-state index is 6.06. The summed E-state index contributed by atoms with van der Waals surface area (Å²) >= 11 is 13.1. The maximum Gasteiger partial charge on any atom is 0.163 e. The van der Waals surface area contributed by atoms with E-state index in [2.05, 4.69) is 54.1 Å². The van der Waals surface area contributed by atoms with Crippen LogP contribution in [0.5, 0.6) is 0 Å². The number of halogens is 3. The summed E-state index contributed by atoms with van der Waals surface area (Å²) in [5, 5.41) is 3.96. The minimum Gasteiger partial charge on any atom is -0.369 e. The number of rotatable bonds is 4. The first kappa shape index (κ1) is 15.7. The molecule has 6 heteroatoms. The van der Waals surface area contributed by atoms with Crippen LogP contribution in [0.4, 0.5) is 5.82 Å². The van der Waals surface area contributed by atoms with Crippen LogP contribution in [0.25, 0.3) is 11.4 Å². The third kappa shape index (κ3) is 3.51. The largest absolute Gasteiger partial charge is 0.369 e. The average Bonchev–Trinajstić information content (AvgIpc) is 2.43. The molecule has 0 amide bonds. The van der Waals surface area contributed by atoms with Gasteiger partial charge in [0.25, 0.3) is 0 Å². The lowest BCUT2D eigenvalue weighted by atomic mass is 10.2. The lowest BCUT2D eigenvalue weighted by molar-refractivity contribution is 0.958. The second kappa shape index (κ2) is 6.87. The molecule has 0 spiro atoms. The highest BCUT2D eigenvalue weighted by Gasteiger charge is 2.13. The van der Waals surface area contributed by atoms with E-state index in [1.807, 2.05) is 25.1 Å². The van der Waals surface area contributed by atoms with E-state index in [9.17, 15) is 0 Å². The second-order valence-corrected chi connectivity index (χ2v) is 6.43. The van der Waals surface area contributed by atoms with Gasteiger partial charge in [-0.15, -0.1) is 0 Å². The van der Waals surface area contributed by atoms with Crippen molar-refractivity contribution in [2.45, 2.75) is 20.3 Å². The van der Waals surface area contributed by atoms with Crippen molar-refractivity contribution in [3.05, 3.63) is 37.9 Å². The van der Waals surface area contributed by atoms with Gasteiger partial charge in [-0.05, 0) is 47.5 Å². The Hall–Kier alpha value is -0.650. The van der Waals surface area contributed by atoms with Gasteiger partial charge in [0, 0.05) is 21.6 Å². The van der Waals surface area contributed by atoms with Gasteiger partial charge in [0.15, 0.2) is 5.82 Å². The van der Waals surface area contributed by atoms with Crippen molar-refractivity contribution >= 4 is 49.3 Å². The van der Waals surface area contributed by atoms with E-state index in [-0.39, 0.29) is 0 Å². The highest BCUT2D eigenvalue weighted by atomic mass is 79.9. The van der Waals surface area contributed by atoms with Crippen molar-refractivity contribution in [3.8, 4) is 11.4 Å². The quantitative estimate of drug-likeness (QED) is 0.716. The van der Waals surface area contributed by atoms with E-state index in [0.29, 0.717) is 10.8 Å². The topological polar surface area (TPSA) is 37.8 Å². The molecule has 0 unspecified atom stereocenters. The predicted molar refractivity (Wildman–Crippen MR) is 91.4 cm³/mol. The van der Waals surface area contributed by atoms with Gasteiger partial charge in [-0.1, -0.05) is 34.5 Å². The van der Waals surface area contributed by atoms with Crippen LogP contribution in [0, 0.1) is 6.92 Å². The van der Waals surface area contributed by atoms with Crippen LogP contribution < -0.4 is 5.32 Å². The molecular weight excluding hydrogens is 405 g/mol. The summed E-state index contributed by atoms with van der Waals surface area (Å²) in [4.78, 5) is 9.11. The molecule has 1 heterocycles. The van der Waals surface area contributed by atoms with Crippen molar-refractivity contribution in [3.63, 3.8) is 0 Å². The van der Waals surface area contributed by atoms with Gasteiger partial charge in [0.05, 0.1) is 10.2 Å². The van der Waals surface area contributed by atoms with Crippen LogP contribution in [-0.2, 0) is 0 Å². The molecule has 3 nitrogen and oxygen atoms in total. The van der Waals surface area contributed by atoms with Crippen LogP contribution in [0.1, 0.15) is 19.0 Å².